The van der Waals surface area contributed by atoms with Gasteiger partial charge in [0.25, 0.3) is 0 Å². The highest BCUT2D eigenvalue weighted by Gasteiger charge is 2.19. The van der Waals surface area contributed by atoms with Crippen LogP contribution in [-0.4, -0.2) is 22.2 Å². The Labute approximate surface area is 115 Å². The van der Waals surface area contributed by atoms with Crippen LogP contribution in [0.2, 0.25) is 0 Å². The minimum absolute atomic E-state index is 0.244. The molecule has 0 radical (unpaired) electrons. The zero-order chi connectivity index (χ0) is 14.3. The number of carbonyl (C=O) groups is 2. The maximum Gasteiger partial charge on any atom is 0.335 e. The van der Waals surface area contributed by atoms with Gasteiger partial charge in [0.15, 0.2) is 0 Å². The highest BCUT2D eigenvalue weighted by Crippen LogP contribution is 2.32. The Balaban J connectivity index is 2.38. The molecule has 1 aliphatic rings. The number of fused-ring (bicyclic) bond motifs is 6. The molecule has 4 heteroatoms. The third-order valence-corrected chi connectivity index (χ3v) is 3.93. The highest BCUT2D eigenvalue weighted by molar-refractivity contribution is 6.02. The van der Waals surface area contributed by atoms with Crippen LogP contribution in [0.15, 0.2) is 24.3 Å². The average Bonchev–Trinajstić information content (AvgIpc) is 2.37. The molecule has 2 aromatic rings. The Morgan fingerprint density at radius 3 is 2.35 bits per heavy atom. The van der Waals surface area contributed by atoms with Crippen LogP contribution in [0.25, 0.3) is 10.8 Å². The Bertz CT molecular complexity index is 731. The monoisotopic (exact) mass is 270 g/mol. The topological polar surface area (TPSA) is 74.6 Å². The van der Waals surface area contributed by atoms with E-state index in [-0.39, 0.29) is 5.56 Å². The van der Waals surface area contributed by atoms with E-state index in [0.29, 0.717) is 5.56 Å². The second kappa shape index (κ2) is 4.63. The average molecular weight is 270 g/mol. The molecular weight excluding hydrogens is 256 g/mol. The van der Waals surface area contributed by atoms with Crippen LogP contribution in [-0.2, 0) is 12.8 Å². The van der Waals surface area contributed by atoms with Crippen molar-refractivity contribution in [3.05, 3.63) is 46.5 Å². The number of hydrogen-bond acceptors (Lipinski definition) is 2. The quantitative estimate of drug-likeness (QED) is 0.879. The van der Waals surface area contributed by atoms with E-state index in [1.807, 2.05) is 0 Å². The van der Waals surface area contributed by atoms with Crippen molar-refractivity contribution in [1.82, 2.24) is 0 Å². The van der Waals surface area contributed by atoms with Crippen molar-refractivity contribution in [1.29, 1.82) is 0 Å². The Morgan fingerprint density at radius 2 is 1.65 bits per heavy atom. The van der Waals surface area contributed by atoms with Crippen molar-refractivity contribution in [2.45, 2.75) is 25.7 Å². The van der Waals surface area contributed by atoms with Crippen LogP contribution in [0, 0.1) is 0 Å². The molecular formula is C16H14O4. The Hall–Kier alpha value is -2.36. The maximum atomic E-state index is 11.4. The van der Waals surface area contributed by atoms with Crippen LogP contribution in [0.4, 0.5) is 0 Å². The van der Waals surface area contributed by atoms with E-state index in [1.54, 1.807) is 24.3 Å². The lowest BCUT2D eigenvalue weighted by molar-refractivity contribution is 0.0685. The van der Waals surface area contributed by atoms with E-state index in [0.717, 1.165) is 47.6 Å². The summed E-state index contributed by atoms with van der Waals surface area (Å²) in [6, 6.07) is 6.67. The number of carboxylic acids is 2. The van der Waals surface area contributed by atoms with Gasteiger partial charge in [-0.1, -0.05) is 6.07 Å². The van der Waals surface area contributed by atoms with Crippen molar-refractivity contribution < 1.29 is 19.8 Å². The molecule has 0 aliphatic heterocycles. The van der Waals surface area contributed by atoms with Crippen molar-refractivity contribution in [3.8, 4) is 0 Å². The Morgan fingerprint density at radius 1 is 0.900 bits per heavy atom. The molecule has 0 fully saturated rings. The second-order valence-electron chi connectivity index (χ2n) is 5.14. The van der Waals surface area contributed by atoms with Crippen LogP contribution in [0.5, 0.6) is 0 Å². The van der Waals surface area contributed by atoms with Gasteiger partial charge in [0.1, 0.15) is 0 Å². The molecule has 4 nitrogen and oxygen atoms in total. The van der Waals surface area contributed by atoms with E-state index in [1.165, 1.54) is 0 Å². The third-order valence-electron chi connectivity index (χ3n) is 3.93. The summed E-state index contributed by atoms with van der Waals surface area (Å²) in [5, 5.41) is 20.2. The number of carboxylic acid groups (broad SMARTS) is 2. The van der Waals surface area contributed by atoms with Crippen LogP contribution < -0.4 is 0 Å². The van der Waals surface area contributed by atoms with Gasteiger partial charge < -0.3 is 10.2 Å². The van der Waals surface area contributed by atoms with Gasteiger partial charge in [0.05, 0.1) is 11.1 Å². The normalized spacial score (nSPS) is 14.0. The summed E-state index contributed by atoms with van der Waals surface area (Å²) >= 11 is 0. The van der Waals surface area contributed by atoms with Crippen LogP contribution in [0.3, 0.4) is 0 Å². The van der Waals surface area contributed by atoms with E-state index in [9.17, 15) is 14.7 Å². The number of aromatic carboxylic acids is 2. The van der Waals surface area contributed by atoms with Crippen molar-refractivity contribution in [3.63, 3.8) is 0 Å². The lowest BCUT2D eigenvalue weighted by Crippen LogP contribution is -2.09. The third kappa shape index (κ3) is 1.93. The van der Waals surface area contributed by atoms with Gasteiger partial charge >= 0.3 is 11.9 Å². The molecule has 2 N–H and O–H groups in total. The standard InChI is InChI=1S/C16H14O4/c17-15(18)10-5-6-12-11-4-2-1-3-9(13(12)8-10)7-14(11)16(19)20/h5-8H,1-4H2,(H,17,18)(H,19,20). The Kier molecular flexibility index (Phi) is 2.93. The molecule has 20 heavy (non-hydrogen) atoms. The molecule has 0 saturated heterocycles. The van der Waals surface area contributed by atoms with E-state index >= 15 is 0 Å². The van der Waals surface area contributed by atoms with Gasteiger partial charge in [0.2, 0.25) is 0 Å². The zero-order valence-electron chi connectivity index (χ0n) is 10.8. The number of hydrogen-bond donors (Lipinski definition) is 2. The van der Waals surface area contributed by atoms with Gasteiger partial charge in [0, 0.05) is 0 Å². The van der Waals surface area contributed by atoms with E-state index in [2.05, 4.69) is 0 Å². The highest BCUT2D eigenvalue weighted by atomic mass is 16.4. The fourth-order valence-electron chi connectivity index (χ4n) is 2.97. The lowest BCUT2D eigenvalue weighted by Gasteiger charge is -2.18. The fourth-order valence-corrected chi connectivity index (χ4v) is 2.97. The number of benzene rings is 2. The summed E-state index contributed by atoms with van der Waals surface area (Å²) in [5.74, 6) is -1.87. The smallest absolute Gasteiger partial charge is 0.335 e. The summed E-state index contributed by atoms with van der Waals surface area (Å²) in [6.07, 6.45) is 3.48. The molecule has 0 spiro atoms. The molecule has 0 aromatic heterocycles. The summed E-state index contributed by atoms with van der Waals surface area (Å²) in [5.41, 5.74) is 2.36. The predicted octanol–water partition coefficient (Wildman–Crippen LogP) is 3.12. The van der Waals surface area contributed by atoms with Crippen LogP contribution in [0.1, 0.15) is 44.7 Å². The van der Waals surface area contributed by atoms with E-state index < -0.39 is 11.9 Å². The van der Waals surface area contributed by atoms with Gasteiger partial charge in [-0.05, 0) is 65.8 Å². The van der Waals surface area contributed by atoms with Crippen molar-refractivity contribution >= 4 is 22.7 Å². The van der Waals surface area contributed by atoms with Gasteiger partial charge in [-0.15, -0.1) is 0 Å². The maximum absolute atomic E-state index is 11.4. The number of rotatable bonds is 2. The minimum Gasteiger partial charge on any atom is -0.478 e. The molecule has 0 saturated carbocycles. The first-order valence-corrected chi connectivity index (χ1v) is 6.63. The first-order valence-electron chi connectivity index (χ1n) is 6.63. The van der Waals surface area contributed by atoms with Gasteiger partial charge in [-0.2, -0.15) is 0 Å². The summed E-state index contributed by atoms with van der Waals surface area (Å²) in [6.45, 7) is 0. The molecule has 0 heterocycles. The first-order chi connectivity index (χ1) is 9.58. The minimum atomic E-state index is -0.959. The predicted molar refractivity (Wildman–Crippen MR) is 74.5 cm³/mol. The fraction of sp³-hybridized carbons (Fsp3) is 0.250. The SMILES string of the molecule is O=C(O)c1ccc2c3c(C(=O)O)cc(c2c1)CCCC3. The summed E-state index contributed by atoms with van der Waals surface area (Å²) in [4.78, 5) is 22.5. The van der Waals surface area contributed by atoms with Gasteiger partial charge in [-0.3, -0.25) is 0 Å². The molecule has 0 amide bonds. The zero-order valence-corrected chi connectivity index (χ0v) is 10.8. The molecule has 2 bridgehead atoms. The molecule has 1 aliphatic carbocycles. The van der Waals surface area contributed by atoms with E-state index in [4.69, 9.17) is 5.11 Å². The number of aryl methyl sites for hydroxylation is 2. The molecule has 2 aromatic carbocycles. The lowest BCUT2D eigenvalue weighted by atomic mass is 9.86. The molecule has 0 atom stereocenters. The summed E-state index contributed by atoms with van der Waals surface area (Å²) < 4.78 is 0. The van der Waals surface area contributed by atoms with Crippen LogP contribution >= 0.6 is 0 Å². The first kappa shape index (κ1) is 12.7. The molecule has 102 valence electrons. The van der Waals surface area contributed by atoms with Gasteiger partial charge in [-0.25, -0.2) is 9.59 Å². The molecule has 3 rings (SSSR count). The largest absolute Gasteiger partial charge is 0.478 e. The molecule has 0 unspecified atom stereocenters. The van der Waals surface area contributed by atoms with Crippen molar-refractivity contribution in [2.24, 2.45) is 0 Å². The summed E-state index contributed by atoms with van der Waals surface area (Å²) in [7, 11) is 0. The second-order valence-corrected chi connectivity index (χ2v) is 5.14. The van der Waals surface area contributed by atoms with Crippen molar-refractivity contribution in [2.75, 3.05) is 0 Å².